The van der Waals surface area contributed by atoms with Crippen molar-refractivity contribution in [1.82, 2.24) is 15.4 Å². The van der Waals surface area contributed by atoms with Crippen molar-refractivity contribution >= 4 is 51.7 Å². The van der Waals surface area contributed by atoms with E-state index >= 15 is 0 Å². The van der Waals surface area contributed by atoms with Crippen molar-refractivity contribution in [1.29, 1.82) is 0 Å². The van der Waals surface area contributed by atoms with E-state index in [1.165, 1.54) is 0 Å². The molecule has 0 saturated carbocycles. The quantitative estimate of drug-likeness (QED) is 0.228. The molecule has 1 aliphatic heterocycles. The molecule has 0 spiro atoms. The Balaban J connectivity index is 0.00000450. The summed E-state index contributed by atoms with van der Waals surface area (Å²) in [7, 11) is -3.53. The Morgan fingerprint density at radius 3 is 2.53 bits per heavy atom. The first-order chi connectivity index (χ1) is 13.8. The van der Waals surface area contributed by atoms with Gasteiger partial charge in [-0.2, -0.15) is 11.8 Å². The van der Waals surface area contributed by atoms with Crippen LogP contribution in [0, 0.1) is 0 Å². The molecule has 7 nitrogen and oxygen atoms in total. The van der Waals surface area contributed by atoms with Crippen LogP contribution in [0.15, 0.2) is 34.2 Å². The van der Waals surface area contributed by atoms with Gasteiger partial charge in [0, 0.05) is 31.0 Å². The summed E-state index contributed by atoms with van der Waals surface area (Å²) < 4.78 is 33.1. The van der Waals surface area contributed by atoms with Crippen LogP contribution in [0.1, 0.15) is 39.2 Å². The zero-order valence-corrected chi connectivity index (χ0v) is 22.2. The van der Waals surface area contributed by atoms with Gasteiger partial charge in [0.1, 0.15) is 0 Å². The predicted octanol–water partition coefficient (Wildman–Crippen LogP) is 2.96. The normalized spacial score (nSPS) is 17.5. The molecule has 10 heteroatoms. The summed E-state index contributed by atoms with van der Waals surface area (Å²) in [4.78, 5) is 4.86. The van der Waals surface area contributed by atoms with Crippen LogP contribution in [0.2, 0.25) is 0 Å². The molecule has 1 fully saturated rings. The van der Waals surface area contributed by atoms with Gasteiger partial charge in [-0.1, -0.05) is 12.1 Å². The van der Waals surface area contributed by atoms with E-state index in [9.17, 15) is 8.42 Å². The van der Waals surface area contributed by atoms with E-state index in [-0.39, 0.29) is 39.7 Å². The van der Waals surface area contributed by atoms with Gasteiger partial charge < -0.3 is 15.4 Å². The Kier molecular flexibility index (Phi) is 12.0. The van der Waals surface area contributed by atoms with Gasteiger partial charge in [-0.05, 0) is 57.6 Å². The van der Waals surface area contributed by atoms with Gasteiger partial charge in [0.25, 0.3) is 0 Å². The average molecular weight is 571 g/mol. The second kappa shape index (κ2) is 13.1. The Morgan fingerprint density at radius 2 is 1.97 bits per heavy atom. The first kappa shape index (κ1) is 27.5. The van der Waals surface area contributed by atoms with Crippen molar-refractivity contribution in [2.75, 3.05) is 32.5 Å². The topological polar surface area (TPSA) is 91.8 Å². The van der Waals surface area contributed by atoms with E-state index in [0.29, 0.717) is 19.7 Å². The Labute approximate surface area is 202 Å². The number of guanidine groups is 1. The smallest absolute Gasteiger partial charge is 0.240 e. The molecule has 0 radical (unpaired) electrons. The third kappa shape index (κ3) is 9.29. The molecule has 0 amide bonds. The molecule has 30 heavy (non-hydrogen) atoms. The van der Waals surface area contributed by atoms with E-state index in [1.807, 2.05) is 6.92 Å². The second-order valence-electron chi connectivity index (χ2n) is 7.64. The summed E-state index contributed by atoms with van der Waals surface area (Å²) in [5.74, 6) is 0.754. The SMILES string of the molecule is CCNC(=NCc1ccc(S(=O)(=O)NCC2CCCO2)cc1)NCC(C)(C)SC.I. The van der Waals surface area contributed by atoms with Crippen LogP contribution >= 0.6 is 35.7 Å². The van der Waals surface area contributed by atoms with Crippen molar-refractivity contribution in [3.8, 4) is 0 Å². The number of aliphatic imine (C=N–C) groups is 1. The molecule has 1 unspecified atom stereocenters. The van der Waals surface area contributed by atoms with E-state index in [0.717, 1.165) is 37.5 Å². The summed E-state index contributed by atoms with van der Waals surface area (Å²) in [6.45, 7) is 9.46. The van der Waals surface area contributed by atoms with E-state index in [2.05, 4.69) is 40.5 Å². The van der Waals surface area contributed by atoms with Gasteiger partial charge in [0.2, 0.25) is 10.0 Å². The Hall–Kier alpha value is -0.560. The van der Waals surface area contributed by atoms with Gasteiger partial charge in [-0.3, -0.25) is 0 Å². The van der Waals surface area contributed by atoms with Crippen molar-refractivity contribution in [3.05, 3.63) is 29.8 Å². The number of benzene rings is 1. The molecule has 1 aromatic rings. The van der Waals surface area contributed by atoms with Crippen LogP contribution in [-0.4, -0.2) is 57.7 Å². The van der Waals surface area contributed by atoms with Gasteiger partial charge in [0.05, 0.1) is 17.5 Å². The number of halogens is 1. The molecular weight excluding hydrogens is 535 g/mol. The minimum Gasteiger partial charge on any atom is -0.377 e. The van der Waals surface area contributed by atoms with Crippen molar-refractivity contribution in [2.45, 2.75) is 55.9 Å². The molecule has 3 N–H and O–H groups in total. The molecule has 0 bridgehead atoms. The fourth-order valence-electron chi connectivity index (χ4n) is 2.75. The third-order valence-corrected chi connectivity index (χ3v) is 7.45. The van der Waals surface area contributed by atoms with Crippen LogP contribution in [0.3, 0.4) is 0 Å². The highest BCUT2D eigenvalue weighted by molar-refractivity contribution is 14.0. The van der Waals surface area contributed by atoms with E-state index in [1.54, 1.807) is 36.0 Å². The zero-order chi connectivity index (χ0) is 21.3. The molecule has 1 aromatic carbocycles. The fraction of sp³-hybridized carbons (Fsp3) is 0.650. The van der Waals surface area contributed by atoms with Gasteiger partial charge >= 0.3 is 0 Å². The lowest BCUT2D eigenvalue weighted by atomic mass is 10.2. The molecule has 1 atom stereocenters. The van der Waals surface area contributed by atoms with Crippen LogP contribution in [0.25, 0.3) is 0 Å². The lowest BCUT2D eigenvalue weighted by Gasteiger charge is -2.23. The molecule has 1 heterocycles. The van der Waals surface area contributed by atoms with E-state index < -0.39 is 10.0 Å². The van der Waals surface area contributed by atoms with Crippen LogP contribution in [0.5, 0.6) is 0 Å². The van der Waals surface area contributed by atoms with Crippen LogP contribution in [0.4, 0.5) is 0 Å². The molecule has 1 aliphatic rings. The first-order valence-corrected chi connectivity index (χ1v) is 12.7. The number of ether oxygens (including phenoxy) is 1. The Morgan fingerprint density at radius 1 is 1.27 bits per heavy atom. The number of sulfonamides is 1. The molecule has 0 aliphatic carbocycles. The predicted molar refractivity (Wildman–Crippen MR) is 136 cm³/mol. The minimum absolute atomic E-state index is 0. The summed E-state index contributed by atoms with van der Waals surface area (Å²) in [5.41, 5.74) is 0.949. The zero-order valence-electron chi connectivity index (χ0n) is 18.2. The molecule has 172 valence electrons. The lowest BCUT2D eigenvalue weighted by molar-refractivity contribution is 0.114. The number of nitrogens with one attached hydrogen (secondary N) is 3. The standard InChI is InChI=1S/C20H34N4O3S2.HI/c1-5-21-19(23-15-20(2,3)28-4)22-13-16-8-10-18(11-9-16)29(25,26)24-14-17-7-6-12-27-17;/h8-11,17,24H,5-7,12-15H2,1-4H3,(H2,21,22,23);1H. The van der Waals surface area contributed by atoms with Crippen LogP contribution in [-0.2, 0) is 21.3 Å². The maximum absolute atomic E-state index is 12.4. The highest BCUT2D eigenvalue weighted by Gasteiger charge is 2.20. The number of nitrogens with zero attached hydrogens (tertiary/aromatic N) is 1. The maximum Gasteiger partial charge on any atom is 0.240 e. The van der Waals surface area contributed by atoms with Crippen molar-refractivity contribution < 1.29 is 13.2 Å². The van der Waals surface area contributed by atoms with Crippen molar-refractivity contribution in [2.24, 2.45) is 4.99 Å². The summed E-state index contributed by atoms with van der Waals surface area (Å²) >= 11 is 1.80. The monoisotopic (exact) mass is 570 g/mol. The third-order valence-electron chi connectivity index (χ3n) is 4.76. The van der Waals surface area contributed by atoms with Gasteiger partial charge in [-0.25, -0.2) is 18.1 Å². The highest BCUT2D eigenvalue weighted by Crippen LogP contribution is 2.19. The largest absolute Gasteiger partial charge is 0.377 e. The minimum atomic E-state index is -3.53. The maximum atomic E-state index is 12.4. The van der Waals surface area contributed by atoms with Gasteiger partial charge in [-0.15, -0.1) is 24.0 Å². The fourth-order valence-corrected chi connectivity index (χ4v) is 4.03. The summed E-state index contributed by atoms with van der Waals surface area (Å²) in [6.07, 6.45) is 3.96. The molecular formula is C20H35IN4O3S2. The molecule has 1 saturated heterocycles. The number of rotatable bonds is 10. The summed E-state index contributed by atoms with van der Waals surface area (Å²) in [5, 5.41) is 6.60. The number of thioether (sulfide) groups is 1. The van der Waals surface area contributed by atoms with Crippen LogP contribution < -0.4 is 15.4 Å². The number of hydrogen-bond donors (Lipinski definition) is 3. The highest BCUT2D eigenvalue weighted by atomic mass is 127. The summed E-state index contributed by atoms with van der Waals surface area (Å²) in [6, 6.07) is 6.86. The van der Waals surface area contributed by atoms with E-state index in [4.69, 9.17) is 4.74 Å². The van der Waals surface area contributed by atoms with Crippen molar-refractivity contribution in [3.63, 3.8) is 0 Å². The molecule has 2 rings (SSSR count). The lowest BCUT2D eigenvalue weighted by Crippen LogP contribution is -2.43. The Bertz CT molecular complexity index is 765. The average Bonchev–Trinajstić information content (AvgIpc) is 3.23. The first-order valence-electron chi connectivity index (χ1n) is 10.0. The van der Waals surface area contributed by atoms with Gasteiger partial charge in [0.15, 0.2) is 5.96 Å². The second-order valence-corrected chi connectivity index (χ2v) is 10.9. The number of hydrogen-bond acceptors (Lipinski definition) is 5. The molecule has 0 aromatic heterocycles.